The lowest BCUT2D eigenvalue weighted by Gasteiger charge is -2.39. The number of carbonyl (C=O) groups excluding carboxylic acids is 1. The molecule has 3 aliphatic rings. The van der Waals surface area contributed by atoms with Gasteiger partial charge >= 0.3 is 0 Å². The number of ether oxygens (including phenoxy) is 1. The van der Waals surface area contributed by atoms with Crippen LogP contribution in [-0.4, -0.2) is 70.8 Å². The second-order valence-electron chi connectivity index (χ2n) is 9.43. The monoisotopic (exact) mass is 440 g/mol. The SMILES string of the molecule is Cn1c(C(=O)N2CCC3(CC2)CCN(C(=S)NCC2CCCO2)C3)cc2ccccc21. The van der Waals surface area contributed by atoms with Gasteiger partial charge in [0.05, 0.1) is 6.10 Å². The highest BCUT2D eigenvalue weighted by molar-refractivity contribution is 7.80. The molecule has 5 rings (SSSR count). The zero-order valence-corrected chi connectivity index (χ0v) is 19.1. The highest BCUT2D eigenvalue weighted by Gasteiger charge is 2.42. The van der Waals surface area contributed by atoms with Gasteiger partial charge in [0.15, 0.2) is 5.11 Å². The van der Waals surface area contributed by atoms with Gasteiger partial charge in [0.2, 0.25) is 0 Å². The van der Waals surface area contributed by atoms with E-state index in [2.05, 4.69) is 22.3 Å². The van der Waals surface area contributed by atoms with E-state index in [1.807, 2.05) is 34.7 Å². The van der Waals surface area contributed by atoms with Crippen molar-refractivity contribution < 1.29 is 9.53 Å². The van der Waals surface area contributed by atoms with E-state index >= 15 is 0 Å². The standard InChI is InChI=1S/C24H32N4O2S/c1-26-20-7-3-2-5-18(20)15-21(26)22(29)27-11-8-24(9-12-27)10-13-28(17-24)23(31)25-16-19-6-4-14-30-19/h2-3,5,7,15,19H,4,6,8-14,16-17H2,1H3,(H,25,31). The topological polar surface area (TPSA) is 49.7 Å². The van der Waals surface area contributed by atoms with Crippen LogP contribution in [0, 0.1) is 5.41 Å². The van der Waals surface area contributed by atoms with Crippen LogP contribution in [0.15, 0.2) is 30.3 Å². The highest BCUT2D eigenvalue weighted by atomic mass is 32.1. The number of fused-ring (bicyclic) bond motifs is 1. The Labute approximate surface area is 189 Å². The lowest BCUT2D eigenvalue weighted by molar-refractivity contribution is 0.0590. The number of hydrogen-bond donors (Lipinski definition) is 1. The van der Waals surface area contributed by atoms with E-state index in [4.69, 9.17) is 17.0 Å². The first-order valence-corrected chi connectivity index (χ1v) is 11.9. The van der Waals surface area contributed by atoms with Crippen LogP contribution in [0.2, 0.25) is 0 Å². The number of benzene rings is 1. The van der Waals surface area contributed by atoms with Gasteiger partial charge in [0, 0.05) is 57.3 Å². The van der Waals surface area contributed by atoms with Crippen molar-refractivity contribution in [1.82, 2.24) is 19.7 Å². The van der Waals surface area contributed by atoms with E-state index in [0.717, 1.165) is 93.1 Å². The van der Waals surface area contributed by atoms with Crippen LogP contribution in [0.3, 0.4) is 0 Å². The molecule has 1 aromatic heterocycles. The first kappa shape index (κ1) is 20.8. The number of likely N-dealkylation sites (tertiary alicyclic amines) is 2. The zero-order chi connectivity index (χ0) is 21.4. The summed E-state index contributed by atoms with van der Waals surface area (Å²) in [6.45, 7) is 5.35. The Bertz CT molecular complexity index is 973. The number of aromatic nitrogens is 1. The summed E-state index contributed by atoms with van der Waals surface area (Å²) in [5, 5.41) is 5.41. The number of amides is 1. The van der Waals surface area contributed by atoms with Gasteiger partial charge in [-0.25, -0.2) is 0 Å². The van der Waals surface area contributed by atoms with Gasteiger partial charge in [-0.15, -0.1) is 0 Å². The van der Waals surface area contributed by atoms with E-state index in [0.29, 0.717) is 6.10 Å². The van der Waals surface area contributed by atoms with Gasteiger partial charge in [-0.05, 0) is 61.9 Å². The minimum absolute atomic E-state index is 0.150. The first-order chi connectivity index (χ1) is 15.0. The van der Waals surface area contributed by atoms with Crippen LogP contribution in [-0.2, 0) is 11.8 Å². The number of thiocarbonyl (C=S) groups is 1. The van der Waals surface area contributed by atoms with Crippen LogP contribution in [0.1, 0.15) is 42.6 Å². The van der Waals surface area contributed by atoms with Crippen LogP contribution in [0.5, 0.6) is 0 Å². The fourth-order valence-electron chi connectivity index (χ4n) is 5.48. The van der Waals surface area contributed by atoms with Gasteiger partial charge in [0.1, 0.15) is 5.69 Å². The predicted molar refractivity (Wildman–Crippen MR) is 126 cm³/mol. The third-order valence-electron chi connectivity index (χ3n) is 7.51. The number of carbonyl (C=O) groups is 1. The molecule has 3 fully saturated rings. The molecule has 1 atom stereocenters. The fourth-order valence-corrected chi connectivity index (χ4v) is 5.71. The number of nitrogens with zero attached hydrogens (tertiary/aromatic N) is 3. The molecule has 0 aliphatic carbocycles. The van der Waals surface area contributed by atoms with Crippen LogP contribution < -0.4 is 5.32 Å². The highest BCUT2D eigenvalue weighted by Crippen LogP contribution is 2.40. The molecule has 0 radical (unpaired) electrons. The second kappa shape index (κ2) is 8.43. The number of hydrogen-bond acceptors (Lipinski definition) is 3. The molecule has 0 bridgehead atoms. The molecule has 0 saturated carbocycles. The van der Waals surface area contributed by atoms with Crippen molar-refractivity contribution in [2.45, 2.75) is 38.2 Å². The molecule has 166 valence electrons. The Morgan fingerprint density at radius 2 is 1.94 bits per heavy atom. The lowest BCUT2D eigenvalue weighted by Crippen LogP contribution is -2.46. The Morgan fingerprint density at radius 1 is 1.19 bits per heavy atom. The van der Waals surface area contributed by atoms with Gasteiger partial charge in [-0.3, -0.25) is 4.79 Å². The molecule has 4 heterocycles. The van der Waals surface area contributed by atoms with E-state index in [-0.39, 0.29) is 11.3 Å². The van der Waals surface area contributed by atoms with Gasteiger partial charge in [0.25, 0.3) is 5.91 Å². The number of rotatable bonds is 3. The summed E-state index contributed by atoms with van der Waals surface area (Å²) >= 11 is 5.67. The maximum absolute atomic E-state index is 13.2. The Morgan fingerprint density at radius 3 is 2.65 bits per heavy atom. The molecule has 1 aromatic carbocycles. The summed E-state index contributed by atoms with van der Waals surface area (Å²) in [5.41, 5.74) is 2.17. The van der Waals surface area contributed by atoms with Crippen molar-refractivity contribution in [3.8, 4) is 0 Å². The lowest BCUT2D eigenvalue weighted by atomic mass is 9.77. The Balaban J connectivity index is 1.17. The molecular formula is C24H32N4O2S. The Kier molecular flexibility index (Phi) is 5.65. The van der Waals surface area contributed by atoms with Crippen molar-refractivity contribution in [1.29, 1.82) is 0 Å². The average molecular weight is 441 g/mol. The molecule has 1 spiro atoms. The summed E-state index contributed by atoms with van der Waals surface area (Å²) in [6, 6.07) is 10.2. The minimum atomic E-state index is 0.150. The third kappa shape index (κ3) is 4.05. The van der Waals surface area contributed by atoms with Crippen LogP contribution >= 0.6 is 12.2 Å². The second-order valence-corrected chi connectivity index (χ2v) is 9.82. The summed E-state index contributed by atoms with van der Waals surface area (Å²) in [6.07, 6.45) is 5.84. The van der Waals surface area contributed by atoms with Crippen molar-refractivity contribution in [3.63, 3.8) is 0 Å². The molecule has 1 N–H and O–H groups in total. The fraction of sp³-hybridized carbons (Fsp3) is 0.583. The third-order valence-corrected chi connectivity index (χ3v) is 7.92. The molecule has 7 heteroatoms. The first-order valence-electron chi connectivity index (χ1n) is 11.5. The van der Waals surface area contributed by atoms with Crippen LogP contribution in [0.4, 0.5) is 0 Å². The zero-order valence-electron chi connectivity index (χ0n) is 18.3. The molecule has 3 saturated heterocycles. The molecule has 31 heavy (non-hydrogen) atoms. The van der Waals surface area contributed by atoms with Crippen LogP contribution in [0.25, 0.3) is 10.9 Å². The van der Waals surface area contributed by atoms with Crippen molar-refractivity contribution in [3.05, 3.63) is 36.0 Å². The smallest absolute Gasteiger partial charge is 0.270 e. The normalized spacial score (nSPS) is 23.1. The molecule has 6 nitrogen and oxygen atoms in total. The molecule has 1 amide bonds. The number of piperidine rings is 1. The van der Waals surface area contributed by atoms with Gasteiger partial charge in [-0.1, -0.05) is 18.2 Å². The van der Waals surface area contributed by atoms with Gasteiger partial charge < -0.3 is 24.4 Å². The summed E-state index contributed by atoms with van der Waals surface area (Å²) < 4.78 is 7.72. The number of aryl methyl sites for hydroxylation is 1. The minimum Gasteiger partial charge on any atom is -0.376 e. The predicted octanol–water partition coefficient (Wildman–Crippen LogP) is 3.16. The molecular weight excluding hydrogens is 408 g/mol. The Hall–Kier alpha value is -2.12. The number of para-hydroxylation sites is 1. The summed E-state index contributed by atoms with van der Waals surface area (Å²) in [7, 11) is 1.99. The largest absolute Gasteiger partial charge is 0.376 e. The maximum atomic E-state index is 13.2. The van der Waals surface area contributed by atoms with Gasteiger partial charge in [-0.2, -0.15) is 0 Å². The quantitative estimate of drug-likeness (QED) is 0.743. The average Bonchev–Trinajstić information content (AvgIpc) is 3.53. The molecule has 3 aliphatic heterocycles. The van der Waals surface area contributed by atoms with E-state index < -0.39 is 0 Å². The maximum Gasteiger partial charge on any atom is 0.270 e. The number of nitrogens with one attached hydrogen (secondary N) is 1. The van der Waals surface area contributed by atoms with Crippen molar-refractivity contribution in [2.24, 2.45) is 12.5 Å². The molecule has 1 unspecified atom stereocenters. The van der Waals surface area contributed by atoms with E-state index in [1.54, 1.807) is 0 Å². The summed E-state index contributed by atoms with van der Waals surface area (Å²) in [5.74, 6) is 0.150. The van der Waals surface area contributed by atoms with Crippen molar-refractivity contribution >= 4 is 34.1 Å². The molecule has 2 aromatic rings. The van der Waals surface area contributed by atoms with E-state index in [1.165, 1.54) is 0 Å². The van der Waals surface area contributed by atoms with E-state index in [9.17, 15) is 4.79 Å². The van der Waals surface area contributed by atoms with Crippen molar-refractivity contribution in [2.75, 3.05) is 39.3 Å². The summed E-state index contributed by atoms with van der Waals surface area (Å²) in [4.78, 5) is 17.6.